The maximum Gasteiger partial charge on any atom is 0.313 e. The van der Waals surface area contributed by atoms with Crippen LogP contribution >= 0.6 is 11.3 Å². The molecule has 20 heavy (non-hydrogen) atoms. The summed E-state index contributed by atoms with van der Waals surface area (Å²) in [7, 11) is 0. The van der Waals surface area contributed by atoms with Gasteiger partial charge in [0.2, 0.25) is 0 Å². The van der Waals surface area contributed by atoms with Crippen LogP contribution in [-0.2, 0) is 9.53 Å². The Balaban J connectivity index is 2.09. The Morgan fingerprint density at radius 1 is 1.70 bits per heavy atom. The quantitative estimate of drug-likeness (QED) is 0.740. The van der Waals surface area contributed by atoms with Crippen LogP contribution < -0.4 is 11.1 Å². The maximum atomic E-state index is 12.1. The number of carbonyl (C=O) groups is 2. The first-order valence-electron chi connectivity index (χ1n) is 6.17. The van der Waals surface area contributed by atoms with E-state index in [1.54, 1.807) is 19.2 Å². The number of carboxylic acids is 1. The molecule has 7 nitrogen and oxygen atoms in total. The maximum absolute atomic E-state index is 12.1. The average molecular weight is 299 g/mol. The predicted octanol–water partition coefficient (Wildman–Crippen LogP) is 0.382. The van der Waals surface area contributed by atoms with Gasteiger partial charge in [-0.15, -0.1) is 11.3 Å². The number of rotatable bonds is 4. The summed E-state index contributed by atoms with van der Waals surface area (Å²) >= 11 is 1.31. The summed E-state index contributed by atoms with van der Waals surface area (Å²) in [6.45, 7) is 3.60. The van der Waals surface area contributed by atoms with Crippen LogP contribution in [0.3, 0.4) is 0 Å². The number of carbonyl (C=O) groups excluding carboxylic acids is 1. The van der Waals surface area contributed by atoms with Gasteiger partial charge in [0.1, 0.15) is 16.1 Å². The smallest absolute Gasteiger partial charge is 0.313 e. The van der Waals surface area contributed by atoms with Crippen molar-refractivity contribution in [2.75, 3.05) is 13.2 Å². The minimum atomic E-state index is -1.12. The summed E-state index contributed by atoms with van der Waals surface area (Å²) in [5.74, 6) is -1.40. The highest BCUT2D eigenvalue weighted by atomic mass is 32.1. The lowest BCUT2D eigenvalue weighted by atomic mass is 9.85. The Bertz CT molecular complexity index is 531. The van der Waals surface area contributed by atoms with Crippen LogP contribution in [-0.4, -0.2) is 41.2 Å². The van der Waals surface area contributed by atoms with Crippen LogP contribution in [0.4, 0.5) is 0 Å². The van der Waals surface area contributed by atoms with Crippen LogP contribution in [0.5, 0.6) is 0 Å². The first kappa shape index (κ1) is 14.9. The van der Waals surface area contributed by atoms with E-state index in [0.29, 0.717) is 5.01 Å². The highest BCUT2D eigenvalue weighted by molar-refractivity contribution is 7.09. The van der Waals surface area contributed by atoms with Crippen molar-refractivity contribution in [3.05, 3.63) is 16.1 Å². The molecule has 8 heteroatoms. The fourth-order valence-electron chi connectivity index (χ4n) is 1.92. The molecule has 1 saturated heterocycles. The zero-order valence-electron chi connectivity index (χ0n) is 11.3. The van der Waals surface area contributed by atoms with Gasteiger partial charge in [-0.05, 0) is 13.8 Å². The minimum Gasteiger partial charge on any atom is -0.481 e. The summed E-state index contributed by atoms with van der Waals surface area (Å²) in [5.41, 5.74) is 4.83. The second kappa shape index (κ2) is 5.47. The molecule has 1 fully saturated rings. The van der Waals surface area contributed by atoms with Gasteiger partial charge in [-0.25, -0.2) is 4.98 Å². The SMILES string of the molecule is CC(N)c1nc(C(=O)NC2COCC2(C)C(=O)O)cs1. The van der Waals surface area contributed by atoms with E-state index < -0.39 is 23.3 Å². The third kappa shape index (κ3) is 2.67. The van der Waals surface area contributed by atoms with Gasteiger partial charge in [0.15, 0.2) is 0 Å². The Morgan fingerprint density at radius 2 is 2.40 bits per heavy atom. The van der Waals surface area contributed by atoms with Gasteiger partial charge >= 0.3 is 5.97 Å². The number of hydrogen-bond donors (Lipinski definition) is 3. The van der Waals surface area contributed by atoms with Crippen molar-refractivity contribution in [1.82, 2.24) is 10.3 Å². The number of hydrogen-bond acceptors (Lipinski definition) is 6. The fourth-order valence-corrected chi connectivity index (χ4v) is 2.68. The topological polar surface area (TPSA) is 115 Å². The third-order valence-electron chi connectivity index (χ3n) is 3.39. The molecule has 1 aliphatic heterocycles. The van der Waals surface area contributed by atoms with E-state index in [4.69, 9.17) is 10.5 Å². The normalized spacial score (nSPS) is 27.2. The molecule has 0 aliphatic carbocycles. The monoisotopic (exact) mass is 299 g/mol. The van der Waals surface area contributed by atoms with Crippen molar-refractivity contribution in [1.29, 1.82) is 0 Å². The number of nitrogens with two attached hydrogens (primary N) is 1. The van der Waals surface area contributed by atoms with E-state index in [0.717, 1.165) is 0 Å². The highest BCUT2D eigenvalue weighted by Crippen LogP contribution is 2.29. The van der Waals surface area contributed by atoms with Gasteiger partial charge in [-0.2, -0.15) is 0 Å². The van der Waals surface area contributed by atoms with Crippen molar-refractivity contribution in [2.24, 2.45) is 11.1 Å². The van der Waals surface area contributed by atoms with Crippen molar-refractivity contribution >= 4 is 23.2 Å². The minimum absolute atomic E-state index is 0.0788. The molecule has 1 aliphatic rings. The molecule has 0 saturated carbocycles. The summed E-state index contributed by atoms with van der Waals surface area (Å²) in [6, 6.07) is -0.811. The lowest BCUT2D eigenvalue weighted by Gasteiger charge is -2.25. The van der Waals surface area contributed by atoms with Gasteiger partial charge in [0, 0.05) is 5.38 Å². The number of carboxylic acid groups (broad SMARTS) is 1. The van der Waals surface area contributed by atoms with E-state index in [1.807, 2.05) is 0 Å². The summed E-state index contributed by atoms with van der Waals surface area (Å²) < 4.78 is 5.18. The van der Waals surface area contributed by atoms with Gasteiger partial charge in [0.25, 0.3) is 5.91 Å². The van der Waals surface area contributed by atoms with Crippen LogP contribution in [0.25, 0.3) is 0 Å². The lowest BCUT2D eigenvalue weighted by molar-refractivity contribution is -0.148. The molecule has 1 aromatic rings. The lowest BCUT2D eigenvalue weighted by Crippen LogP contribution is -2.49. The molecule has 3 atom stereocenters. The fraction of sp³-hybridized carbons (Fsp3) is 0.583. The first-order valence-corrected chi connectivity index (χ1v) is 7.05. The molecule has 4 N–H and O–H groups in total. The molecule has 1 aromatic heterocycles. The molecule has 0 spiro atoms. The summed E-state index contributed by atoms with van der Waals surface area (Å²) in [5, 5.41) is 14.2. The molecule has 1 amide bonds. The molecule has 2 rings (SSSR count). The van der Waals surface area contributed by atoms with Crippen LogP contribution in [0.1, 0.15) is 35.4 Å². The van der Waals surface area contributed by atoms with Crippen LogP contribution in [0.2, 0.25) is 0 Å². The number of nitrogens with one attached hydrogen (secondary N) is 1. The van der Waals surface area contributed by atoms with E-state index in [1.165, 1.54) is 11.3 Å². The number of nitrogens with zero attached hydrogens (tertiary/aromatic N) is 1. The number of thiazole rings is 1. The zero-order chi connectivity index (χ0) is 14.9. The van der Waals surface area contributed by atoms with Crippen LogP contribution in [0.15, 0.2) is 5.38 Å². The van der Waals surface area contributed by atoms with Crippen molar-refractivity contribution in [3.63, 3.8) is 0 Å². The zero-order valence-corrected chi connectivity index (χ0v) is 12.1. The Labute approximate surface area is 120 Å². The van der Waals surface area contributed by atoms with Gasteiger partial charge in [-0.1, -0.05) is 0 Å². The molecular weight excluding hydrogens is 282 g/mol. The highest BCUT2D eigenvalue weighted by Gasteiger charge is 2.47. The van der Waals surface area contributed by atoms with Crippen molar-refractivity contribution < 1.29 is 19.4 Å². The van der Waals surface area contributed by atoms with E-state index >= 15 is 0 Å². The second-order valence-electron chi connectivity index (χ2n) is 5.12. The summed E-state index contributed by atoms with van der Waals surface area (Å²) in [6.07, 6.45) is 0. The molecule has 0 radical (unpaired) electrons. The predicted molar refractivity (Wildman–Crippen MR) is 72.5 cm³/mol. The Morgan fingerprint density at radius 3 is 2.95 bits per heavy atom. The number of aliphatic carboxylic acids is 1. The molecular formula is C12H17N3O4S. The van der Waals surface area contributed by atoms with Crippen molar-refractivity contribution in [3.8, 4) is 0 Å². The number of amides is 1. The number of aromatic nitrogens is 1. The Kier molecular flexibility index (Phi) is 4.07. The first-order chi connectivity index (χ1) is 9.34. The van der Waals surface area contributed by atoms with Gasteiger partial charge in [0.05, 0.1) is 25.3 Å². The molecule has 110 valence electrons. The van der Waals surface area contributed by atoms with Gasteiger partial charge in [-0.3, -0.25) is 9.59 Å². The Hall–Kier alpha value is -1.51. The van der Waals surface area contributed by atoms with E-state index in [2.05, 4.69) is 10.3 Å². The van der Waals surface area contributed by atoms with E-state index in [9.17, 15) is 14.7 Å². The molecule has 3 unspecified atom stereocenters. The largest absolute Gasteiger partial charge is 0.481 e. The summed E-state index contributed by atoms with van der Waals surface area (Å²) in [4.78, 5) is 27.5. The standard InChI is InChI=1S/C12H17N3O4S/c1-6(13)10-14-7(4-20-10)9(16)15-8-3-19-5-12(8,2)11(17)18/h4,6,8H,3,5,13H2,1-2H3,(H,15,16)(H,17,18). The second-order valence-corrected chi connectivity index (χ2v) is 6.01. The van der Waals surface area contributed by atoms with E-state index in [-0.39, 0.29) is 24.9 Å². The number of ether oxygens (including phenoxy) is 1. The molecule has 0 aromatic carbocycles. The third-order valence-corrected chi connectivity index (χ3v) is 4.44. The van der Waals surface area contributed by atoms with Crippen LogP contribution in [0, 0.1) is 5.41 Å². The molecule has 0 bridgehead atoms. The van der Waals surface area contributed by atoms with Gasteiger partial charge < -0.3 is 20.9 Å². The average Bonchev–Trinajstić information content (AvgIpc) is 2.98. The van der Waals surface area contributed by atoms with Crippen molar-refractivity contribution in [2.45, 2.75) is 25.9 Å². The molecule has 2 heterocycles.